The molecule has 0 aromatic rings. The Kier molecular flexibility index (Phi) is 4.08. The third-order valence-corrected chi connectivity index (χ3v) is 2.12. The molecule has 1 unspecified atom stereocenters. The SMILES string of the molecule is COC(C)CNC1=NCCCC1. The van der Waals surface area contributed by atoms with Gasteiger partial charge >= 0.3 is 0 Å². The van der Waals surface area contributed by atoms with Gasteiger partial charge in [0.05, 0.1) is 11.9 Å². The molecule has 0 aromatic heterocycles. The molecular formula is C9H18N2O. The first-order valence-corrected chi connectivity index (χ1v) is 4.63. The van der Waals surface area contributed by atoms with E-state index in [0.717, 1.165) is 25.3 Å². The quantitative estimate of drug-likeness (QED) is 0.690. The van der Waals surface area contributed by atoms with Crippen molar-refractivity contribution >= 4 is 5.84 Å². The van der Waals surface area contributed by atoms with Crippen LogP contribution in [-0.4, -0.2) is 32.1 Å². The molecule has 0 aromatic carbocycles. The number of nitrogens with one attached hydrogen (secondary N) is 1. The lowest BCUT2D eigenvalue weighted by Crippen LogP contribution is -2.32. The van der Waals surface area contributed by atoms with E-state index >= 15 is 0 Å². The highest BCUT2D eigenvalue weighted by Crippen LogP contribution is 2.03. The Bertz CT molecular complexity index is 157. The number of methoxy groups -OCH3 is 1. The van der Waals surface area contributed by atoms with Crippen LogP contribution in [0.3, 0.4) is 0 Å². The van der Waals surface area contributed by atoms with E-state index in [0.29, 0.717) is 0 Å². The maximum Gasteiger partial charge on any atom is 0.0963 e. The van der Waals surface area contributed by atoms with Gasteiger partial charge in [-0.3, -0.25) is 4.99 Å². The Balaban J connectivity index is 2.17. The molecule has 0 fully saturated rings. The third kappa shape index (κ3) is 3.22. The van der Waals surface area contributed by atoms with Crippen molar-refractivity contribution in [1.82, 2.24) is 5.32 Å². The van der Waals surface area contributed by atoms with Crippen LogP contribution in [0.4, 0.5) is 0 Å². The van der Waals surface area contributed by atoms with Gasteiger partial charge in [-0.15, -0.1) is 0 Å². The second-order valence-electron chi connectivity index (χ2n) is 3.21. The van der Waals surface area contributed by atoms with Crippen LogP contribution < -0.4 is 5.32 Å². The highest BCUT2D eigenvalue weighted by atomic mass is 16.5. The van der Waals surface area contributed by atoms with Gasteiger partial charge < -0.3 is 10.1 Å². The first-order valence-electron chi connectivity index (χ1n) is 4.63. The molecule has 1 aliphatic heterocycles. The van der Waals surface area contributed by atoms with Gasteiger partial charge in [-0.2, -0.15) is 0 Å². The molecule has 70 valence electrons. The zero-order chi connectivity index (χ0) is 8.81. The molecule has 3 heteroatoms. The Hall–Kier alpha value is -0.570. The van der Waals surface area contributed by atoms with E-state index in [1.54, 1.807) is 7.11 Å². The van der Waals surface area contributed by atoms with Gasteiger partial charge in [0.15, 0.2) is 0 Å². The van der Waals surface area contributed by atoms with E-state index in [9.17, 15) is 0 Å². The largest absolute Gasteiger partial charge is 0.380 e. The average molecular weight is 170 g/mol. The number of rotatable bonds is 3. The van der Waals surface area contributed by atoms with Crippen molar-refractivity contribution in [2.24, 2.45) is 4.99 Å². The standard InChI is InChI=1S/C9H18N2O/c1-8(12-2)7-11-9-5-3-4-6-10-9/h8H,3-7H2,1-2H3,(H,10,11). The number of hydrogen-bond acceptors (Lipinski definition) is 3. The lowest BCUT2D eigenvalue weighted by atomic mass is 10.2. The summed E-state index contributed by atoms with van der Waals surface area (Å²) in [4.78, 5) is 4.39. The molecule has 0 radical (unpaired) electrons. The predicted molar refractivity (Wildman–Crippen MR) is 50.6 cm³/mol. The van der Waals surface area contributed by atoms with Gasteiger partial charge in [-0.25, -0.2) is 0 Å². The van der Waals surface area contributed by atoms with Gasteiger partial charge in [0.1, 0.15) is 0 Å². The summed E-state index contributed by atoms with van der Waals surface area (Å²) in [6.07, 6.45) is 3.89. The van der Waals surface area contributed by atoms with E-state index in [1.165, 1.54) is 12.8 Å². The summed E-state index contributed by atoms with van der Waals surface area (Å²) in [6, 6.07) is 0. The molecule has 0 saturated carbocycles. The Morgan fingerprint density at radius 3 is 3.00 bits per heavy atom. The molecule has 1 atom stereocenters. The zero-order valence-corrected chi connectivity index (χ0v) is 7.97. The second kappa shape index (κ2) is 5.14. The number of ether oxygens (including phenoxy) is 1. The van der Waals surface area contributed by atoms with Crippen LogP contribution in [0.1, 0.15) is 26.2 Å². The smallest absolute Gasteiger partial charge is 0.0963 e. The summed E-state index contributed by atoms with van der Waals surface area (Å²) in [7, 11) is 1.73. The van der Waals surface area contributed by atoms with Crippen LogP contribution in [0.5, 0.6) is 0 Å². The Morgan fingerprint density at radius 1 is 1.58 bits per heavy atom. The van der Waals surface area contributed by atoms with E-state index in [-0.39, 0.29) is 6.10 Å². The summed E-state index contributed by atoms with van der Waals surface area (Å²) in [5.41, 5.74) is 0. The fourth-order valence-electron chi connectivity index (χ4n) is 1.19. The topological polar surface area (TPSA) is 33.6 Å². The average Bonchev–Trinajstić information content (AvgIpc) is 2.16. The van der Waals surface area contributed by atoms with Gasteiger partial charge in [0.2, 0.25) is 0 Å². The van der Waals surface area contributed by atoms with Crippen molar-refractivity contribution in [3.05, 3.63) is 0 Å². The van der Waals surface area contributed by atoms with Crippen LogP contribution in [-0.2, 0) is 4.74 Å². The Labute approximate surface area is 74.2 Å². The molecule has 1 aliphatic rings. The van der Waals surface area contributed by atoms with Gasteiger partial charge in [-0.05, 0) is 19.8 Å². The number of aliphatic imine (C=N–C) groups is 1. The third-order valence-electron chi connectivity index (χ3n) is 2.12. The molecule has 1 heterocycles. The summed E-state index contributed by atoms with van der Waals surface area (Å²) in [5, 5.41) is 3.30. The Morgan fingerprint density at radius 2 is 2.42 bits per heavy atom. The molecular weight excluding hydrogens is 152 g/mol. The summed E-state index contributed by atoms with van der Waals surface area (Å²) in [6.45, 7) is 3.91. The highest BCUT2D eigenvalue weighted by molar-refractivity contribution is 5.82. The second-order valence-corrected chi connectivity index (χ2v) is 3.21. The fourth-order valence-corrected chi connectivity index (χ4v) is 1.19. The van der Waals surface area contributed by atoms with Gasteiger partial charge in [0, 0.05) is 26.6 Å². The zero-order valence-electron chi connectivity index (χ0n) is 7.97. The number of hydrogen-bond donors (Lipinski definition) is 1. The molecule has 0 aliphatic carbocycles. The minimum Gasteiger partial charge on any atom is -0.380 e. The van der Waals surface area contributed by atoms with E-state index < -0.39 is 0 Å². The van der Waals surface area contributed by atoms with Crippen LogP contribution >= 0.6 is 0 Å². The van der Waals surface area contributed by atoms with Crippen LogP contribution in [0.2, 0.25) is 0 Å². The highest BCUT2D eigenvalue weighted by Gasteiger charge is 2.05. The molecule has 12 heavy (non-hydrogen) atoms. The van der Waals surface area contributed by atoms with Crippen molar-refractivity contribution in [3.8, 4) is 0 Å². The lowest BCUT2D eigenvalue weighted by molar-refractivity contribution is 0.121. The van der Waals surface area contributed by atoms with E-state index in [2.05, 4.69) is 17.2 Å². The molecule has 0 amide bonds. The first kappa shape index (κ1) is 9.52. The van der Waals surface area contributed by atoms with Crippen molar-refractivity contribution in [3.63, 3.8) is 0 Å². The van der Waals surface area contributed by atoms with Gasteiger partial charge in [-0.1, -0.05) is 0 Å². The van der Waals surface area contributed by atoms with Crippen LogP contribution in [0.25, 0.3) is 0 Å². The van der Waals surface area contributed by atoms with E-state index in [4.69, 9.17) is 4.74 Å². The van der Waals surface area contributed by atoms with Gasteiger partial charge in [0.25, 0.3) is 0 Å². The van der Waals surface area contributed by atoms with E-state index in [1.807, 2.05) is 0 Å². The van der Waals surface area contributed by atoms with Crippen molar-refractivity contribution in [1.29, 1.82) is 0 Å². The van der Waals surface area contributed by atoms with Crippen LogP contribution in [0.15, 0.2) is 4.99 Å². The van der Waals surface area contributed by atoms with Crippen molar-refractivity contribution < 1.29 is 4.74 Å². The minimum absolute atomic E-state index is 0.273. The molecule has 3 nitrogen and oxygen atoms in total. The molecule has 1 N–H and O–H groups in total. The predicted octanol–water partition coefficient (Wildman–Crippen LogP) is 1.19. The summed E-state index contributed by atoms with van der Waals surface area (Å²) in [5.74, 6) is 1.16. The lowest BCUT2D eigenvalue weighted by Gasteiger charge is -2.16. The summed E-state index contributed by atoms with van der Waals surface area (Å²) >= 11 is 0. The van der Waals surface area contributed by atoms with Crippen molar-refractivity contribution in [2.75, 3.05) is 20.2 Å². The number of nitrogens with zero attached hydrogens (tertiary/aromatic N) is 1. The van der Waals surface area contributed by atoms with Crippen molar-refractivity contribution in [2.45, 2.75) is 32.3 Å². The molecule has 0 bridgehead atoms. The normalized spacial score (nSPS) is 20.0. The van der Waals surface area contributed by atoms with Crippen LogP contribution in [0, 0.1) is 0 Å². The fraction of sp³-hybridized carbons (Fsp3) is 0.889. The summed E-state index contributed by atoms with van der Waals surface area (Å²) < 4.78 is 5.12. The monoisotopic (exact) mass is 170 g/mol. The minimum atomic E-state index is 0.273. The molecule has 1 rings (SSSR count). The molecule has 0 saturated heterocycles. The number of amidine groups is 1. The maximum absolute atomic E-state index is 5.12. The first-order chi connectivity index (χ1) is 5.83. The maximum atomic E-state index is 5.12. The molecule has 0 spiro atoms.